The molecule has 0 unspecified atom stereocenters. The molecule has 1 aromatic rings. The summed E-state index contributed by atoms with van der Waals surface area (Å²) in [6, 6.07) is 0. The van der Waals surface area contributed by atoms with Gasteiger partial charge in [0.1, 0.15) is 5.82 Å². The standard InChI is InChI=1S/C17H29N2/c1-5-8-11-15-16(12-9-6-2)18-14(4)19-17(15)13-10-7-3/h4-13H2,1-3H3. The van der Waals surface area contributed by atoms with Crippen LogP contribution in [0, 0.1) is 6.92 Å². The summed E-state index contributed by atoms with van der Waals surface area (Å²) < 4.78 is 0. The van der Waals surface area contributed by atoms with Gasteiger partial charge in [-0.15, -0.1) is 0 Å². The first-order valence-corrected chi connectivity index (χ1v) is 7.93. The molecule has 2 heteroatoms. The van der Waals surface area contributed by atoms with E-state index in [-0.39, 0.29) is 0 Å². The summed E-state index contributed by atoms with van der Waals surface area (Å²) in [5, 5.41) is 0. The van der Waals surface area contributed by atoms with E-state index in [2.05, 4.69) is 37.7 Å². The van der Waals surface area contributed by atoms with Gasteiger partial charge in [-0.1, -0.05) is 40.0 Å². The Kier molecular flexibility index (Phi) is 7.69. The van der Waals surface area contributed by atoms with Gasteiger partial charge >= 0.3 is 0 Å². The van der Waals surface area contributed by atoms with Crippen LogP contribution in [0.5, 0.6) is 0 Å². The third kappa shape index (κ3) is 5.30. The topological polar surface area (TPSA) is 25.8 Å². The van der Waals surface area contributed by atoms with E-state index in [9.17, 15) is 0 Å². The van der Waals surface area contributed by atoms with Crippen molar-refractivity contribution in [1.29, 1.82) is 0 Å². The smallest absolute Gasteiger partial charge is 0.129 e. The number of hydrogen-bond acceptors (Lipinski definition) is 2. The first-order chi connectivity index (χ1) is 9.22. The van der Waals surface area contributed by atoms with Gasteiger partial charge in [0, 0.05) is 18.3 Å². The molecule has 0 atom stereocenters. The van der Waals surface area contributed by atoms with Gasteiger partial charge in [-0.05, 0) is 44.1 Å². The third-order valence-corrected chi connectivity index (χ3v) is 3.54. The highest BCUT2D eigenvalue weighted by atomic mass is 14.9. The first-order valence-electron chi connectivity index (χ1n) is 7.93. The number of rotatable bonds is 9. The van der Waals surface area contributed by atoms with Crippen LogP contribution in [0.15, 0.2) is 0 Å². The van der Waals surface area contributed by atoms with Crippen molar-refractivity contribution in [2.45, 2.75) is 78.6 Å². The Morgan fingerprint density at radius 2 is 1.16 bits per heavy atom. The lowest BCUT2D eigenvalue weighted by Crippen LogP contribution is -2.09. The van der Waals surface area contributed by atoms with Crippen molar-refractivity contribution in [3.8, 4) is 0 Å². The van der Waals surface area contributed by atoms with E-state index in [0.29, 0.717) is 5.82 Å². The van der Waals surface area contributed by atoms with Gasteiger partial charge in [0.05, 0.1) is 0 Å². The summed E-state index contributed by atoms with van der Waals surface area (Å²) in [4.78, 5) is 9.22. The van der Waals surface area contributed by atoms with Crippen LogP contribution in [0.3, 0.4) is 0 Å². The highest BCUT2D eigenvalue weighted by molar-refractivity contribution is 5.27. The molecule has 0 saturated carbocycles. The van der Waals surface area contributed by atoms with Gasteiger partial charge < -0.3 is 0 Å². The monoisotopic (exact) mass is 261 g/mol. The Morgan fingerprint density at radius 1 is 0.737 bits per heavy atom. The van der Waals surface area contributed by atoms with Crippen LogP contribution in [-0.2, 0) is 19.3 Å². The van der Waals surface area contributed by atoms with Gasteiger partial charge in [-0.3, -0.25) is 0 Å². The van der Waals surface area contributed by atoms with Crippen LogP contribution < -0.4 is 0 Å². The quantitative estimate of drug-likeness (QED) is 0.644. The maximum Gasteiger partial charge on any atom is 0.129 e. The molecule has 0 bridgehead atoms. The molecule has 0 aliphatic carbocycles. The molecule has 0 aliphatic heterocycles. The SMILES string of the molecule is [CH2]c1nc(CCCC)c(CCCC)c(CCCC)n1. The van der Waals surface area contributed by atoms with Gasteiger partial charge in [-0.2, -0.15) is 0 Å². The Labute approximate surface area is 119 Å². The first kappa shape index (κ1) is 16.1. The molecule has 1 aromatic heterocycles. The second-order valence-electron chi connectivity index (χ2n) is 5.32. The van der Waals surface area contributed by atoms with Crippen LogP contribution >= 0.6 is 0 Å². The average molecular weight is 261 g/mol. The zero-order chi connectivity index (χ0) is 14.1. The molecule has 107 valence electrons. The fourth-order valence-corrected chi connectivity index (χ4v) is 2.38. The summed E-state index contributed by atoms with van der Waals surface area (Å²) in [5.41, 5.74) is 3.96. The Morgan fingerprint density at radius 3 is 1.58 bits per heavy atom. The molecule has 19 heavy (non-hydrogen) atoms. The van der Waals surface area contributed by atoms with Crippen molar-refractivity contribution in [2.75, 3.05) is 0 Å². The fourth-order valence-electron chi connectivity index (χ4n) is 2.38. The molecule has 0 N–H and O–H groups in total. The van der Waals surface area contributed by atoms with Crippen molar-refractivity contribution in [3.05, 3.63) is 29.7 Å². The predicted molar refractivity (Wildman–Crippen MR) is 82.3 cm³/mol. The predicted octanol–water partition coefficient (Wildman–Crippen LogP) is 4.69. The van der Waals surface area contributed by atoms with Crippen molar-refractivity contribution in [1.82, 2.24) is 9.97 Å². The molecule has 1 radical (unpaired) electrons. The summed E-state index contributed by atoms with van der Waals surface area (Å²) in [7, 11) is 0. The largest absolute Gasteiger partial charge is 0.238 e. The average Bonchev–Trinajstić information content (AvgIpc) is 2.41. The highest BCUT2D eigenvalue weighted by Gasteiger charge is 2.12. The van der Waals surface area contributed by atoms with Gasteiger partial charge in [0.2, 0.25) is 0 Å². The van der Waals surface area contributed by atoms with Crippen LogP contribution in [0.4, 0.5) is 0 Å². The molecule has 2 nitrogen and oxygen atoms in total. The zero-order valence-electron chi connectivity index (χ0n) is 13.0. The number of hydrogen-bond donors (Lipinski definition) is 0. The van der Waals surface area contributed by atoms with E-state index in [4.69, 9.17) is 0 Å². The van der Waals surface area contributed by atoms with Crippen LogP contribution in [-0.4, -0.2) is 9.97 Å². The lowest BCUT2D eigenvalue weighted by molar-refractivity contribution is 0.699. The molecule has 0 spiro atoms. The molecule has 0 saturated heterocycles. The lowest BCUT2D eigenvalue weighted by atomic mass is 9.98. The minimum Gasteiger partial charge on any atom is -0.238 e. The fraction of sp³-hybridized carbons (Fsp3) is 0.706. The summed E-state index contributed by atoms with van der Waals surface area (Å²) in [6.07, 6.45) is 10.6. The Bertz CT molecular complexity index is 343. The molecular formula is C17H29N2. The second-order valence-corrected chi connectivity index (χ2v) is 5.32. The van der Waals surface area contributed by atoms with E-state index in [0.717, 1.165) is 19.3 Å². The van der Waals surface area contributed by atoms with Gasteiger partial charge in [0.25, 0.3) is 0 Å². The van der Waals surface area contributed by atoms with E-state index < -0.39 is 0 Å². The van der Waals surface area contributed by atoms with E-state index in [1.165, 1.54) is 55.5 Å². The minimum atomic E-state index is 0.706. The highest BCUT2D eigenvalue weighted by Crippen LogP contribution is 2.19. The Balaban J connectivity index is 2.99. The number of aryl methyl sites for hydroxylation is 2. The third-order valence-electron chi connectivity index (χ3n) is 3.54. The minimum absolute atomic E-state index is 0.706. The van der Waals surface area contributed by atoms with Crippen molar-refractivity contribution in [2.24, 2.45) is 0 Å². The lowest BCUT2D eigenvalue weighted by Gasteiger charge is -2.14. The van der Waals surface area contributed by atoms with Crippen molar-refractivity contribution in [3.63, 3.8) is 0 Å². The molecular weight excluding hydrogens is 232 g/mol. The van der Waals surface area contributed by atoms with Crippen LogP contribution in [0.25, 0.3) is 0 Å². The molecule has 1 rings (SSSR count). The summed E-state index contributed by atoms with van der Waals surface area (Å²) >= 11 is 0. The molecule has 0 aliphatic rings. The Hall–Kier alpha value is -0.920. The maximum absolute atomic E-state index is 4.61. The number of unbranched alkanes of at least 4 members (excludes halogenated alkanes) is 3. The van der Waals surface area contributed by atoms with E-state index >= 15 is 0 Å². The van der Waals surface area contributed by atoms with Crippen LogP contribution in [0.1, 0.15) is 82.1 Å². The van der Waals surface area contributed by atoms with Gasteiger partial charge in [0.15, 0.2) is 0 Å². The number of nitrogens with zero attached hydrogens (tertiary/aromatic N) is 2. The molecule has 0 aromatic carbocycles. The zero-order valence-corrected chi connectivity index (χ0v) is 13.0. The molecule has 0 amide bonds. The maximum atomic E-state index is 4.61. The second kappa shape index (κ2) is 9.06. The normalized spacial score (nSPS) is 10.9. The molecule has 1 heterocycles. The number of aromatic nitrogens is 2. The van der Waals surface area contributed by atoms with Gasteiger partial charge in [-0.25, -0.2) is 9.97 Å². The summed E-state index contributed by atoms with van der Waals surface area (Å²) in [5.74, 6) is 0.706. The molecule has 0 fully saturated rings. The van der Waals surface area contributed by atoms with Crippen molar-refractivity contribution < 1.29 is 0 Å². The van der Waals surface area contributed by atoms with E-state index in [1.54, 1.807) is 0 Å². The van der Waals surface area contributed by atoms with Crippen molar-refractivity contribution >= 4 is 0 Å². The summed E-state index contributed by atoms with van der Waals surface area (Å²) in [6.45, 7) is 10.7. The van der Waals surface area contributed by atoms with E-state index in [1.807, 2.05) is 0 Å². The van der Waals surface area contributed by atoms with Crippen LogP contribution in [0.2, 0.25) is 0 Å².